The molecule has 1 aromatic carbocycles. The molecule has 21 heavy (non-hydrogen) atoms. The van der Waals surface area contributed by atoms with Gasteiger partial charge in [-0.1, -0.05) is 11.6 Å². The van der Waals surface area contributed by atoms with E-state index in [-0.39, 0.29) is 36.2 Å². The summed E-state index contributed by atoms with van der Waals surface area (Å²) in [6.07, 6.45) is 1.47. The summed E-state index contributed by atoms with van der Waals surface area (Å²) in [5.41, 5.74) is 11.9. The fourth-order valence-corrected chi connectivity index (χ4v) is 2.75. The van der Waals surface area contributed by atoms with Gasteiger partial charge in [-0.25, -0.2) is 0 Å². The van der Waals surface area contributed by atoms with Crippen molar-refractivity contribution in [2.24, 2.45) is 11.7 Å². The largest absolute Gasteiger partial charge is 0.399 e. The molecule has 0 aliphatic carbocycles. The molecule has 1 aromatic rings. The van der Waals surface area contributed by atoms with E-state index in [1.54, 1.807) is 23.1 Å². The van der Waals surface area contributed by atoms with Crippen molar-refractivity contribution in [1.29, 1.82) is 0 Å². The van der Waals surface area contributed by atoms with Gasteiger partial charge in [0.15, 0.2) is 0 Å². The second kappa shape index (κ2) is 7.00. The Balaban J connectivity index is 0.00000220. The average molecular weight is 332 g/mol. The van der Waals surface area contributed by atoms with Crippen molar-refractivity contribution in [1.82, 2.24) is 4.90 Å². The number of hydrogen-bond donors (Lipinski definition) is 2. The number of nitrogen functional groups attached to an aromatic ring is 1. The molecule has 1 saturated heterocycles. The molecule has 0 spiro atoms. The lowest BCUT2D eigenvalue weighted by Crippen LogP contribution is -2.48. The molecule has 1 aliphatic heterocycles. The number of carbonyl (C=O) groups is 2. The zero-order chi connectivity index (χ0) is 14.9. The summed E-state index contributed by atoms with van der Waals surface area (Å²) < 4.78 is 0. The topological polar surface area (TPSA) is 89.4 Å². The van der Waals surface area contributed by atoms with Crippen molar-refractivity contribution in [3.63, 3.8) is 0 Å². The minimum atomic E-state index is -0.363. The zero-order valence-electron chi connectivity index (χ0n) is 11.7. The molecular formula is C14H19Cl2N3O2. The maximum atomic E-state index is 12.6. The minimum absolute atomic E-state index is 0. The molecule has 4 N–H and O–H groups in total. The Labute approximate surface area is 135 Å². The van der Waals surface area contributed by atoms with E-state index in [1.807, 2.05) is 6.92 Å². The van der Waals surface area contributed by atoms with Gasteiger partial charge in [-0.15, -0.1) is 12.4 Å². The Hall–Kier alpha value is -1.46. The van der Waals surface area contributed by atoms with Gasteiger partial charge in [0.2, 0.25) is 5.91 Å². The molecule has 116 valence electrons. The molecule has 0 bridgehead atoms. The Morgan fingerprint density at radius 3 is 2.57 bits per heavy atom. The van der Waals surface area contributed by atoms with E-state index >= 15 is 0 Å². The number of hydrogen-bond acceptors (Lipinski definition) is 3. The molecule has 5 nitrogen and oxygen atoms in total. The number of rotatable bonds is 2. The van der Waals surface area contributed by atoms with Crippen molar-refractivity contribution >= 4 is 41.5 Å². The molecule has 2 rings (SSSR count). The van der Waals surface area contributed by atoms with E-state index in [4.69, 9.17) is 23.1 Å². The lowest BCUT2D eigenvalue weighted by atomic mass is 9.92. The Kier molecular flexibility index (Phi) is 5.87. The number of likely N-dealkylation sites (tertiary alicyclic amines) is 1. The summed E-state index contributed by atoms with van der Waals surface area (Å²) in [5, 5.41) is 0.323. The highest BCUT2D eigenvalue weighted by Gasteiger charge is 2.32. The Morgan fingerprint density at radius 1 is 1.33 bits per heavy atom. The second-order valence-electron chi connectivity index (χ2n) is 5.22. The van der Waals surface area contributed by atoms with E-state index in [2.05, 4.69) is 0 Å². The number of primary amides is 1. The second-order valence-corrected chi connectivity index (χ2v) is 5.63. The highest BCUT2D eigenvalue weighted by Crippen LogP contribution is 2.26. The van der Waals surface area contributed by atoms with E-state index in [0.29, 0.717) is 22.8 Å². The Morgan fingerprint density at radius 2 is 2.00 bits per heavy atom. The van der Waals surface area contributed by atoms with Gasteiger partial charge in [0.25, 0.3) is 5.91 Å². The molecule has 2 unspecified atom stereocenters. The lowest BCUT2D eigenvalue weighted by Gasteiger charge is -2.37. The number of halogens is 2. The SMILES string of the molecule is CC1CCC(C(N)=O)CN1C(=O)c1ccc(N)cc1Cl.Cl. The van der Waals surface area contributed by atoms with Gasteiger partial charge in [-0.05, 0) is 38.0 Å². The van der Waals surface area contributed by atoms with Crippen LogP contribution in [0.25, 0.3) is 0 Å². The van der Waals surface area contributed by atoms with E-state index < -0.39 is 0 Å². The fourth-order valence-electron chi connectivity index (χ4n) is 2.48. The number of carbonyl (C=O) groups excluding carboxylic acids is 2. The summed E-state index contributed by atoms with van der Waals surface area (Å²) in [6.45, 7) is 2.30. The third-order valence-electron chi connectivity index (χ3n) is 3.77. The maximum absolute atomic E-state index is 12.6. The molecule has 2 atom stereocenters. The molecule has 0 radical (unpaired) electrons. The third kappa shape index (κ3) is 3.80. The quantitative estimate of drug-likeness (QED) is 0.813. The van der Waals surface area contributed by atoms with Gasteiger partial charge >= 0.3 is 0 Å². The van der Waals surface area contributed by atoms with Crippen molar-refractivity contribution in [3.05, 3.63) is 28.8 Å². The summed E-state index contributed by atoms with van der Waals surface area (Å²) in [4.78, 5) is 25.5. The summed E-state index contributed by atoms with van der Waals surface area (Å²) >= 11 is 6.07. The summed E-state index contributed by atoms with van der Waals surface area (Å²) in [5.74, 6) is -0.839. The number of benzene rings is 1. The predicted molar refractivity (Wildman–Crippen MR) is 85.5 cm³/mol. The number of amides is 2. The molecule has 7 heteroatoms. The number of nitrogens with zero attached hydrogens (tertiary/aromatic N) is 1. The Bertz CT molecular complexity index is 551. The first-order valence-electron chi connectivity index (χ1n) is 6.55. The molecular weight excluding hydrogens is 313 g/mol. The van der Waals surface area contributed by atoms with E-state index in [0.717, 1.165) is 12.8 Å². The van der Waals surface area contributed by atoms with Crippen LogP contribution in [0.1, 0.15) is 30.1 Å². The summed E-state index contributed by atoms with van der Waals surface area (Å²) in [6, 6.07) is 4.86. The van der Waals surface area contributed by atoms with Gasteiger partial charge in [0, 0.05) is 18.3 Å². The van der Waals surface area contributed by atoms with Crippen LogP contribution < -0.4 is 11.5 Å². The smallest absolute Gasteiger partial charge is 0.255 e. The molecule has 1 aliphatic rings. The first kappa shape index (κ1) is 17.6. The van der Waals surface area contributed by atoms with Crippen molar-refractivity contribution < 1.29 is 9.59 Å². The van der Waals surface area contributed by atoms with E-state index in [1.165, 1.54) is 0 Å². The first-order chi connectivity index (χ1) is 9.40. The maximum Gasteiger partial charge on any atom is 0.255 e. The molecule has 1 heterocycles. The monoisotopic (exact) mass is 331 g/mol. The minimum Gasteiger partial charge on any atom is -0.399 e. The number of anilines is 1. The highest BCUT2D eigenvalue weighted by atomic mass is 35.5. The van der Waals surface area contributed by atoms with Gasteiger partial charge in [0.1, 0.15) is 0 Å². The molecule has 0 saturated carbocycles. The van der Waals surface area contributed by atoms with Crippen LogP contribution in [0.2, 0.25) is 5.02 Å². The highest BCUT2D eigenvalue weighted by molar-refractivity contribution is 6.34. The van der Waals surface area contributed by atoms with Crippen LogP contribution in [0.3, 0.4) is 0 Å². The normalized spacial score (nSPS) is 21.5. The van der Waals surface area contributed by atoms with Gasteiger partial charge in [-0.3, -0.25) is 9.59 Å². The first-order valence-corrected chi connectivity index (χ1v) is 6.93. The molecule has 0 aromatic heterocycles. The standard InChI is InChI=1S/C14H18ClN3O2.ClH/c1-8-2-3-9(13(17)19)7-18(8)14(20)11-5-4-10(16)6-12(11)15;/h4-6,8-9H,2-3,7,16H2,1H3,(H2,17,19);1H. The molecule has 1 fully saturated rings. The van der Waals surface area contributed by atoms with Gasteiger partial charge in [-0.2, -0.15) is 0 Å². The van der Waals surface area contributed by atoms with Crippen molar-refractivity contribution in [2.75, 3.05) is 12.3 Å². The number of nitrogens with two attached hydrogens (primary N) is 2. The zero-order valence-corrected chi connectivity index (χ0v) is 13.3. The van der Waals surface area contributed by atoms with Crippen LogP contribution in [-0.4, -0.2) is 29.3 Å². The van der Waals surface area contributed by atoms with Crippen molar-refractivity contribution in [2.45, 2.75) is 25.8 Å². The van der Waals surface area contributed by atoms with Crippen LogP contribution >= 0.6 is 24.0 Å². The average Bonchev–Trinajstić information content (AvgIpc) is 2.38. The van der Waals surface area contributed by atoms with Crippen LogP contribution in [0.5, 0.6) is 0 Å². The fraction of sp³-hybridized carbons (Fsp3) is 0.429. The van der Waals surface area contributed by atoms with E-state index in [9.17, 15) is 9.59 Å². The van der Waals surface area contributed by atoms with Crippen LogP contribution in [0.4, 0.5) is 5.69 Å². The van der Waals surface area contributed by atoms with Gasteiger partial charge in [0.05, 0.1) is 16.5 Å². The van der Waals surface area contributed by atoms with Crippen LogP contribution in [0, 0.1) is 5.92 Å². The predicted octanol–water partition coefficient (Wildman–Crippen LogP) is 2.07. The molecule has 2 amide bonds. The van der Waals surface area contributed by atoms with Crippen molar-refractivity contribution in [3.8, 4) is 0 Å². The third-order valence-corrected chi connectivity index (χ3v) is 4.08. The lowest BCUT2D eigenvalue weighted by molar-refractivity contribution is -0.123. The van der Waals surface area contributed by atoms with Crippen LogP contribution in [-0.2, 0) is 4.79 Å². The number of piperidine rings is 1. The van der Waals surface area contributed by atoms with Gasteiger partial charge < -0.3 is 16.4 Å². The summed E-state index contributed by atoms with van der Waals surface area (Å²) in [7, 11) is 0. The van der Waals surface area contributed by atoms with Crippen LogP contribution in [0.15, 0.2) is 18.2 Å².